The summed E-state index contributed by atoms with van der Waals surface area (Å²) >= 11 is 0. The molecule has 0 radical (unpaired) electrons. The summed E-state index contributed by atoms with van der Waals surface area (Å²) in [6.45, 7) is 2.10. The van der Waals surface area contributed by atoms with Gasteiger partial charge in [-0.1, -0.05) is 12.1 Å². The maximum absolute atomic E-state index is 13.1. The van der Waals surface area contributed by atoms with Crippen LogP contribution in [0.25, 0.3) is 0 Å². The minimum Gasteiger partial charge on any atom is -0.396 e. The number of halogens is 1. The first-order valence-electron chi connectivity index (χ1n) is 6.21. The lowest BCUT2D eigenvalue weighted by Crippen LogP contribution is -2.15. The van der Waals surface area contributed by atoms with Gasteiger partial charge in [0.1, 0.15) is 5.82 Å². The van der Waals surface area contributed by atoms with Crippen LogP contribution >= 0.6 is 0 Å². The second-order valence-electron chi connectivity index (χ2n) is 4.82. The Morgan fingerprint density at radius 3 is 2.88 bits per heavy atom. The van der Waals surface area contributed by atoms with Crippen LogP contribution in [0.15, 0.2) is 24.3 Å². The van der Waals surface area contributed by atoms with E-state index in [1.54, 1.807) is 6.07 Å². The topological polar surface area (TPSA) is 29.5 Å². The van der Waals surface area contributed by atoms with E-state index in [0.29, 0.717) is 6.10 Å². The first kappa shape index (κ1) is 12.5. The van der Waals surface area contributed by atoms with Crippen LogP contribution < -0.4 is 0 Å². The fourth-order valence-corrected chi connectivity index (χ4v) is 2.45. The zero-order valence-corrected chi connectivity index (χ0v) is 10.1. The molecule has 1 fully saturated rings. The lowest BCUT2D eigenvalue weighted by molar-refractivity contribution is 0.0422. The Labute approximate surface area is 101 Å². The van der Waals surface area contributed by atoms with Crippen molar-refractivity contribution in [1.82, 2.24) is 0 Å². The van der Waals surface area contributed by atoms with E-state index in [1.165, 1.54) is 12.1 Å². The zero-order valence-electron chi connectivity index (χ0n) is 10.1. The molecule has 0 saturated carbocycles. The molecule has 1 aliphatic heterocycles. The van der Waals surface area contributed by atoms with Crippen molar-refractivity contribution in [1.29, 1.82) is 0 Å². The predicted molar refractivity (Wildman–Crippen MR) is 64.4 cm³/mol. The number of ether oxygens (including phenoxy) is 1. The molecule has 0 amide bonds. The number of aliphatic hydroxyl groups is 1. The van der Waals surface area contributed by atoms with Crippen LogP contribution in [-0.4, -0.2) is 23.9 Å². The molecule has 1 saturated heterocycles. The molecule has 1 N–H and O–H groups in total. The Hall–Kier alpha value is -0.930. The molecule has 0 aliphatic carbocycles. The third-order valence-corrected chi connectivity index (χ3v) is 3.41. The molecule has 2 rings (SSSR count). The third kappa shape index (κ3) is 3.27. The SMILES string of the molecule is CC1CCC(CC(CO)c2cccc(F)c2)O1. The maximum atomic E-state index is 13.1. The Morgan fingerprint density at radius 1 is 1.47 bits per heavy atom. The van der Waals surface area contributed by atoms with E-state index in [4.69, 9.17) is 4.74 Å². The Bertz CT molecular complexity index is 367. The van der Waals surface area contributed by atoms with Gasteiger partial charge in [0.2, 0.25) is 0 Å². The molecule has 0 spiro atoms. The van der Waals surface area contributed by atoms with Crippen LogP contribution in [0, 0.1) is 5.82 Å². The van der Waals surface area contributed by atoms with E-state index < -0.39 is 0 Å². The summed E-state index contributed by atoms with van der Waals surface area (Å²) < 4.78 is 18.9. The van der Waals surface area contributed by atoms with Crippen LogP contribution in [0.1, 0.15) is 37.7 Å². The van der Waals surface area contributed by atoms with Crippen LogP contribution in [0.2, 0.25) is 0 Å². The van der Waals surface area contributed by atoms with Crippen molar-refractivity contribution < 1.29 is 14.2 Å². The van der Waals surface area contributed by atoms with Gasteiger partial charge in [0.05, 0.1) is 18.8 Å². The molecule has 17 heavy (non-hydrogen) atoms. The number of hydrogen-bond acceptors (Lipinski definition) is 2. The molecule has 3 unspecified atom stereocenters. The smallest absolute Gasteiger partial charge is 0.123 e. The molecule has 0 aromatic heterocycles. The highest BCUT2D eigenvalue weighted by molar-refractivity contribution is 5.21. The van der Waals surface area contributed by atoms with Gasteiger partial charge in [-0.25, -0.2) is 4.39 Å². The molecule has 1 aromatic carbocycles. The second-order valence-corrected chi connectivity index (χ2v) is 4.82. The highest BCUT2D eigenvalue weighted by Gasteiger charge is 2.25. The van der Waals surface area contributed by atoms with Crippen molar-refractivity contribution >= 4 is 0 Å². The predicted octanol–water partition coefficient (Wildman–Crippen LogP) is 2.86. The first-order chi connectivity index (χ1) is 8.19. The number of rotatable bonds is 4. The Kier molecular flexibility index (Phi) is 4.13. The molecule has 3 atom stereocenters. The molecule has 1 heterocycles. The third-order valence-electron chi connectivity index (χ3n) is 3.41. The maximum Gasteiger partial charge on any atom is 0.123 e. The molecule has 2 nitrogen and oxygen atoms in total. The Balaban J connectivity index is 2.01. The fourth-order valence-electron chi connectivity index (χ4n) is 2.45. The van der Waals surface area contributed by atoms with Gasteiger partial charge in [-0.05, 0) is 43.9 Å². The van der Waals surface area contributed by atoms with Gasteiger partial charge in [0.15, 0.2) is 0 Å². The highest BCUT2D eigenvalue weighted by Crippen LogP contribution is 2.29. The normalized spacial score (nSPS) is 26.1. The van der Waals surface area contributed by atoms with Gasteiger partial charge in [0, 0.05) is 5.92 Å². The molecule has 1 aliphatic rings. The van der Waals surface area contributed by atoms with Crippen LogP contribution in [0.4, 0.5) is 4.39 Å². The largest absolute Gasteiger partial charge is 0.396 e. The van der Waals surface area contributed by atoms with E-state index in [1.807, 2.05) is 6.07 Å². The monoisotopic (exact) mass is 238 g/mol. The van der Waals surface area contributed by atoms with Crippen LogP contribution in [-0.2, 0) is 4.74 Å². The van der Waals surface area contributed by atoms with Crippen LogP contribution in [0.5, 0.6) is 0 Å². The summed E-state index contributed by atoms with van der Waals surface area (Å²) in [5, 5.41) is 9.42. The van der Waals surface area contributed by atoms with E-state index >= 15 is 0 Å². The summed E-state index contributed by atoms with van der Waals surface area (Å²) in [4.78, 5) is 0. The standard InChI is InChI=1S/C14H19FO2/c1-10-5-6-14(17-10)8-12(9-16)11-3-2-4-13(15)7-11/h2-4,7,10,12,14,16H,5-6,8-9H2,1H3. The summed E-state index contributed by atoms with van der Waals surface area (Å²) in [5.74, 6) is -0.275. The van der Waals surface area contributed by atoms with E-state index in [2.05, 4.69) is 6.92 Å². The van der Waals surface area contributed by atoms with Crippen molar-refractivity contribution in [3.05, 3.63) is 35.6 Å². The van der Waals surface area contributed by atoms with Gasteiger partial charge >= 0.3 is 0 Å². The summed E-state index contributed by atoms with van der Waals surface area (Å²) in [6, 6.07) is 6.47. The van der Waals surface area contributed by atoms with Crippen molar-refractivity contribution in [2.45, 2.75) is 44.3 Å². The summed E-state index contributed by atoms with van der Waals surface area (Å²) in [5.41, 5.74) is 0.857. The summed E-state index contributed by atoms with van der Waals surface area (Å²) in [6.07, 6.45) is 3.39. The molecule has 1 aromatic rings. The Morgan fingerprint density at radius 2 is 2.29 bits per heavy atom. The second kappa shape index (κ2) is 5.61. The lowest BCUT2D eigenvalue weighted by Gasteiger charge is -2.19. The quantitative estimate of drug-likeness (QED) is 0.874. The highest BCUT2D eigenvalue weighted by atomic mass is 19.1. The van der Waals surface area contributed by atoms with Crippen molar-refractivity contribution in [2.75, 3.05) is 6.61 Å². The van der Waals surface area contributed by atoms with Crippen LogP contribution in [0.3, 0.4) is 0 Å². The van der Waals surface area contributed by atoms with Gasteiger partial charge < -0.3 is 9.84 Å². The van der Waals surface area contributed by atoms with Crippen molar-refractivity contribution in [3.63, 3.8) is 0 Å². The van der Waals surface area contributed by atoms with Crippen molar-refractivity contribution in [3.8, 4) is 0 Å². The number of benzene rings is 1. The number of aliphatic hydroxyl groups excluding tert-OH is 1. The molecule has 94 valence electrons. The molecule has 3 heteroatoms. The first-order valence-corrected chi connectivity index (χ1v) is 6.21. The average Bonchev–Trinajstić information content (AvgIpc) is 2.72. The van der Waals surface area contributed by atoms with Gasteiger partial charge in [-0.3, -0.25) is 0 Å². The lowest BCUT2D eigenvalue weighted by atomic mass is 9.93. The van der Waals surface area contributed by atoms with Crippen molar-refractivity contribution in [2.24, 2.45) is 0 Å². The summed E-state index contributed by atoms with van der Waals surface area (Å²) in [7, 11) is 0. The van der Waals surface area contributed by atoms with E-state index in [-0.39, 0.29) is 24.4 Å². The zero-order chi connectivity index (χ0) is 12.3. The van der Waals surface area contributed by atoms with Gasteiger partial charge in [0.25, 0.3) is 0 Å². The molecular formula is C14H19FO2. The molecular weight excluding hydrogens is 219 g/mol. The minimum atomic E-state index is -0.248. The van der Waals surface area contributed by atoms with Gasteiger partial charge in [-0.2, -0.15) is 0 Å². The fraction of sp³-hybridized carbons (Fsp3) is 0.571. The van der Waals surface area contributed by atoms with Gasteiger partial charge in [-0.15, -0.1) is 0 Å². The van der Waals surface area contributed by atoms with E-state index in [9.17, 15) is 9.50 Å². The number of hydrogen-bond donors (Lipinski definition) is 1. The average molecular weight is 238 g/mol. The van der Waals surface area contributed by atoms with E-state index in [0.717, 1.165) is 24.8 Å². The minimum absolute atomic E-state index is 0.0269. The molecule has 0 bridgehead atoms.